The fraction of sp³-hybridized carbons (Fsp3) is 0.238. The van der Waals surface area contributed by atoms with Crippen molar-refractivity contribution < 1.29 is 19.1 Å². The minimum atomic E-state index is -0.610. The molecule has 0 aliphatic heterocycles. The smallest absolute Gasteiger partial charge is 0.344 e. The maximum Gasteiger partial charge on any atom is 0.344 e. The van der Waals surface area contributed by atoms with E-state index in [2.05, 4.69) is 10.3 Å². The highest BCUT2D eigenvalue weighted by atomic mass is 35.5. The van der Waals surface area contributed by atoms with Crippen molar-refractivity contribution in [2.24, 2.45) is 0 Å². The lowest BCUT2D eigenvalue weighted by molar-refractivity contribution is -0.150. The summed E-state index contributed by atoms with van der Waals surface area (Å²) < 4.78 is 10.3. The number of para-hydroxylation sites is 1. The van der Waals surface area contributed by atoms with E-state index < -0.39 is 5.97 Å². The molecule has 0 atom stereocenters. The zero-order valence-electron chi connectivity index (χ0n) is 15.5. The van der Waals surface area contributed by atoms with Crippen molar-refractivity contribution >= 4 is 34.4 Å². The first-order valence-corrected chi connectivity index (χ1v) is 9.27. The highest BCUT2D eigenvalue weighted by Gasteiger charge is 2.10. The van der Waals surface area contributed by atoms with E-state index in [0.717, 1.165) is 22.0 Å². The van der Waals surface area contributed by atoms with Gasteiger partial charge in [-0.1, -0.05) is 29.8 Å². The Morgan fingerprint density at radius 2 is 1.96 bits per heavy atom. The Hall–Kier alpha value is -2.99. The molecule has 0 aliphatic rings. The van der Waals surface area contributed by atoms with Gasteiger partial charge in [0.2, 0.25) is 0 Å². The number of aromatic amines is 1. The fourth-order valence-electron chi connectivity index (χ4n) is 2.83. The summed E-state index contributed by atoms with van der Waals surface area (Å²) in [6.45, 7) is 1.67. The summed E-state index contributed by atoms with van der Waals surface area (Å²) in [5.74, 6) is -0.415. The molecule has 28 heavy (non-hydrogen) atoms. The number of rotatable bonds is 8. The number of aryl methyl sites for hydroxylation is 1. The van der Waals surface area contributed by atoms with Gasteiger partial charge in [0, 0.05) is 28.7 Å². The third kappa shape index (κ3) is 5.27. The van der Waals surface area contributed by atoms with Gasteiger partial charge in [-0.05, 0) is 48.7 Å². The Kier molecular flexibility index (Phi) is 6.55. The van der Waals surface area contributed by atoms with Crippen LogP contribution in [0.25, 0.3) is 10.9 Å². The van der Waals surface area contributed by atoms with Gasteiger partial charge in [0.05, 0.1) is 0 Å². The van der Waals surface area contributed by atoms with E-state index in [-0.39, 0.29) is 19.1 Å². The first-order valence-electron chi connectivity index (χ1n) is 8.89. The van der Waals surface area contributed by atoms with Gasteiger partial charge >= 0.3 is 5.97 Å². The van der Waals surface area contributed by atoms with Crippen LogP contribution in [0.3, 0.4) is 0 Å². The highest BCUT2D eigenvalue weighted by Crippen LogP contribution is 2.21. The van der Waals surface area contributed by atoms with Crippen molar-refractivity contribution in [3.05, 3.63) is 64.8 Å². The van der Waals surface area contributed by atoms with Gasteiger partial charge in [-0.25, -0.2) is 4.79 Å². The van der Waals surface area contributed by atoms with E-state index in [1.54, 1.807) is 18.2 Å². The van der Waals surface area contributed by atoms with Crippen LogP contribution in [0.2, 0.25) is 5.02 Å². The Balaban J connectivity index is 1.36. The molecule has 0 aliphatic carbocycles. The highest BCUT2D eigenvalue weighted by molar-refractivity contribution is 6.30. The molecule has 0 saturated carbocycles. The monoisotopic (exact) mass is 400 g/mol. The van der Waals surface area contributed by atoms with Crippen LogP contribution >= 0.6 is 11.6 Å². The summed E-state index contributed by atoms with van der Waals surface area (Å²) in [5, 5.41) is 4.48. The first kappa shape index (κ1) is 19.8. The fourth-order valence-corrected chi connectivity index (χ4v) is 3.05. The van der Waals surface area contributed by atoms with Crippen molar-refractivity contribution in [1.29, 1.82) is 0 Å². The summed E-state index contributed by atoms with van der Waals surface area (Å²) in [6, 6.07) is 13.1. The number of halogens is 1. The summed E-state index contributed by atoms with van der Waals surface area (Å²) in [4.78, 5) is 26.8. The van der Waals surface area contributed by atoms with Crippen LogP contribution in [0.4, 0.5) is 0 Å². The SMILES string of the molecule is Cc1cc(Cl)ccc1OCC(=O)OCC(=O)NCCc1c[nH]c2ccccc12. The Bertz CT molecular complexity index is 983. The molecule has 7 heteroatoms. The molecule has 3 rings (SSSR count). The molecule has 0 spiro atoms. The third-order valence-electron chi connectivity index (χ3n) is 4.24. The molecule has 1 heterocycles. The lowest BCUT2D eigenvalue weighted by Crippen LogP contribution is -2.31. The number of benzene rings is 2. The number of carbonyl (C=O) groups excluding carboxylic acids is 2. The number of fused-ring (bicyclic) bond motifs is 1. The molecule has 6 nitrogen and oxygen atoms in total. The molecule has 2 aromatic carbocycles. The zero-order valence-corrected chi connectivity index (χ0v) is 16.2. The second kappa shape index (κ2) is 9.28. The summed E-state index contributed by atoms with van der Waals surface area (Å²) >= 11 is 5.87. The van der Waals surface area contributed by atoms with Crippen molar-refractivity contribution in [3.8, 4) is 5.75 Å². The summed E-state index contributed by atoms with van der Waals surface area (Å²) in [7, 11) is 0. The Labute approximate surface area is 167 Å². The van der Waals surface area contributed by atoms with Gasteiger partial charge in [0.15, 0.2) is 13.2 Å². The van der Waals surface area contributed by atoms with Crippen LogP contribution in [0, 0.1) is 6.92 Å². The van der Waals surface area contributed by atoms with Crippen LogP contribution < -0.4 is 10.1 Å². The lowest BCUT2D eigenvalue weighted by Gasteiger charge is -2.09. The van der Waals surface area contributed by atoms with E-state index in [0.29, 0.717) is 23.7 Å². The van der Waals surface area contributed by atoms with Crippen molar-refractivity contribution in [2.45, 2.75) is 13.3 Å². The first-order chi connectivity index (χ1) is 13.5. The molecule has 3 aromatic rings. The number of amides is 1. The lowest BCUT2D eigenvalue weighted by atomic mass is 10.1. The predicted molar refractivity (Wildman–Crippen MR) is 108 cm³/mol. The van der Waals surface area contributed by atoms with E-state index >= 15 is 0 Å². The van der Waals surface area contributed by atoms with E-state index in [1.165, 1.54) is 0 Å². The predicted octanol–water partition coefficient (Wildman–Crippen LogP) is 3.41. The van der Waals surface area contributed by atoms with Crippen molar-refractivity contribution in [1.82, 2.24) is 10.3 Å². The van der Waals surface area contributed by atoms with Crippen molar-refractivity contribution in [3.63, 3.8) is 0 Å². The molecule has 1 amide bonds. The molecule has 0 fully saturated rings. The van der Waals surface area contributed by atoms with Crippen LogP contribution in [-0.2, 0) is 20.7 Å². The number of carbonyl (C=O) groups is 2. The van der Waals surface area contributed by atoms with Gasteiger partial charge in [0.25, 0.3) is 5.91 Å². The minimum absolute atomic E-state index is 0.273. The third-order valence-corrected chi connectivity index (χ3v) is 4.47. The Morgan fingerprint density at radius 3 is 2.79 bits per heavy atom. The van der Waals surface area contributed by atoms with Gasteiger partial charge in [-0.2, -0.15) is 0 Å². The second-order valence-corrected chi connectivity index (χ2v) is 6.76. The minimum Gasteiger partial charge on any atom is -0.482 e. The molecule has 2 N–H and O–H groups in total. The topological polar surface area (TPSA) is 80.4 Å². The van der Waals surface area contributed by atoms with Gasteiger partial charge < -0.3 is 19.8 Å². The zero-order chi connectivity index (χ0) is 19.9. The van der Waals surface area contributed by atoms with E-state index in [9.17, 15) is 9.59 Å². The van der Waals surface area contributed by atoms with Crippen LogP contribution in [0.15, 0.2) is 48.7 Å². The van der Waals surface area contributed by atoms with Gasteiger partial charge in [0.1, 0.15) is 5.75 Å². The average Bonchev–Trinajstić information content (AvgIpc) is 3.09. The number of aromatic nitrogens is 1. The average molecular weight is 401 g/mol. The number of nitrogens with one attached hydrogen (secondary N) is 2. The molecular weight excluding hydrogens is 380 g/mol. The quantitative estimate of drug-likeness (QED) is 0.568. The summed E-state index contributed by atoms with van der Waals surface area (Å²) in [5.41, 5.74) is 3.00. The largest absolute Gasteiger partial charge is 0.482 e. The molecule has 1 aromatic heterocycles. The molecule has 146 valence electrons. The van der Waals surface area contributed by atoms with Gasteiger partial charge in [-0.15, -0.1) is 0 Å². The maximum absolute atomic E-state index is 11.9. The maximum atomic E-state index is 11.9. The molecule has 0 bridgehead atoms. The van der Waals surface area contributed by atoms with Gasteiger partial charge in [-0.3, -0.25) is 4.79 Å². The summed E-state index contributed by atoms with van der Waals surface area (Å²) in [6.07, 6.45) is 2.62. The van der Waals surface area contributed by atoms with Crippen molar-refractivity contribution in [2.75, 3.05) is 19.8 Å². The standard InChI is InChI=1S/C21H21ClN2O4/c1-14-10-16(22)6-7-19(14)27-13-21(26)28-12-20(25)23-9-8-15-11-24-18-5-3-2-4-17(15)18/h2-7,10-11,24H,8-9,12-13H2,1H3,(H,23,25). The van der Waals surface area contributed by atoms with E-state index in [4.69, 9.17) is 21.1 Å². The second-order valence-electron chi connectivity index (χ2n) is 6.32. The van der Waals surface area contributed by atoms with Crippen LogP contribution in [0.1, 0.15) is 11.1 Å². The number of hydrogen-bond acceptors (Lipinski definition) is 4. The number of hydrogen-bond donors (Lipinski definition) is 2. The number of H-pyrrole nitrogens is 1. The molecule has 0 saturated heterocycles. The molecular formula is C21H21ClN2O4. The number of esters is 1. The van der Waals surface area contributed by atoms with Crippen LogP contribution in [-0.4, -0.2) is 36.6 Å². The Morgan fingerprint density at radius 1 is 1.14 bits per heavy atom. The number of ether oxygens (including phenoxy) is 2. The normalized spacial score (nSPS) is 10.6. The van der Waals surface area contributed by atoms with Crippen LogP contribution in [0.5, 0.6) is 5.75 Å². The van der Waals surface area contributed by atoms with E-state index in [1.807, 2.05) is 37.4 Å². The molecule has 0 unspecified atom stereocenters. The molecule has 0 radical (unpaired) electrons.